The van der Waals surface area contributed by atoms with Crippen molar-refractivity contribution >= 4 is 46.8 Å². The molecule has 9 nitrogen and oxygen atoms in total. The number of ether oxygens (including phenoxy) is 1. The minimum absolute atomic E-state index is 0.0124. The molecule has 2 N–H and O–H groups in total. The Morgan fingerprint density at radius 1 is 1.15 bits per heavy atom. The van der Waals surface area contributed by atoms with Gasteiger partial charge in [-0.15, -0.1) is 16.8 Å². The van der Waals surface area contributed by atoms with Crippen molar-refractivity contribution in [3.8, 4) is 0 Å². The number of carbonyl (C=O) groups is 3. The molecule has 11 heteroatoms. The molecule has 206 valence electrons. The third-order valence-electron chi connectivity index (χ3n) is 5.56. The van der Waals surface area contributed by atoms with E-state index in [1.54, 1.807) is 54.6 Å². The number of nitrogens with one attached hydrogen (secondary N) is 2. The first-order chi connectivity index (χ1) is 18.7. The number of rotatable bonds is 13. The molecule has 2 aromatic carbocycles. The van der Waals surface area contributed by atoms with Crippen molar-refractivity contribution in [1.29, 1.82) is 0 Å². The van der Waals surface area contributed by atoms with Crippen LogP contribution in [0.1, 0.15) is 59.8 Å². The fourth-order valence-corrected chi connectivity index (χ4v) is 4.64. The van der Waals surface area contributed by atoms with Crippen LogP contribution >= 0.6 is 23.4 Å². The van der Waals surface area contributed by atoms with Crippen molar-refractivity contribution < 1.29 is 19.1 Å². The highest BCUT2D eigenvalue weighted by atomic mass is 35.5. The first kappa shape index (κ1) is 29.9. The van der Waals surface area contributed by atoms with E-state index in [2.05, 4.69) is 27.4 Å². The van der Waals surface area contributed by atoms with Crippen LogP contribution < -0.4 is 10.6 Å². The highest BCUT2D eigenvalue weighted by Gasteiger charge is 2.27. The number of allylic oxidation sites excluding steroid dienone is 1. The normalized spacial score (nSPS) is 11.6. The van der Waals surface area contributed by atoms with Crippen molar-refractivity contribution in [2.75, 3.05) is 17.7 Å². The van der Waals surface area contributed by atoms with Gasteiger partial charge in [0.1, 0.15) is 0 Å². The van der Waals surface area contributed by atoms with Gasteiger partial charge in [0.25, 0.3) is 5.91 Å². The molecule has 1 heterocycles. The molecule has 39 heavy (non-hydrogen) atoms. The number of nitrogens with zero attached hydrogens (tertiary/aromatic N) is 3. The van der Waals surface area contributed by atoms with E-state index >= 15 is 0 Å². The lowest BCUT2D eigenvalue weighted by Gasteiger charge is -2.23. The first-order valence-corrected chi connectivity index (χ1v) is 13.9. The molecule has 0 spiro atoms. The summed E-state index contributed by atoms with van der Waals surface area (Å²) >= 11 is 7.42. The van der Waals surface area contributed by atoms with Crippen molar-refractivity contribution in [2.24, 2.45) is 5.92 Å². The molecule has 0 aliphatic carbocycles. The molecule has 0 aliphatic rings. The number of benzene rings is 2. The Morgan fingerprint density at radius 2 is 1.92 bits per heavy atom. The molecule has 1 atom stereocenters. The molecular weight excluding hydrogens is 538 g/mol. The number of amides is 2. The van der Waals surface area contributed by atoms with Gasteiger partial charge >= 0.3 is 5.97 Å². The van der Waals surface area contributed by atoms with Gasteiger partial charge in [0.05, 0.1) is 34.6 Å². The van der Waals surface area contributed by atoms with Gasteiger partial charge in [-0.1, -0.05) is 68.4 Å². The number of aromatic nitrogens is 3. The number of hydrogen-bond donors (Lipinski definition) is 2. The molecule has 0 saturated heterocycles. The van der Waals surface area contributed by atoms with Gasteiger partial charge in [0.15, 0.2) is 11.0 Å². The lowest BCUT2D eigenvalue weighted by Crippen LogP contribution is -2.34. The highest BCUT2D eigenvalue weighted by molar-refractivity contribution is 7.99. The summed E-state index contributed by atoms with van der Waals surface area (Å²) in [7, 11) is 0. The Labute approximate surface area is 237 Å². The van der Waals surface area contributed by atoms with Gasteiger partial charge in [-0.25, -0.2) is 4.79 Å². The monoisotopic (exact) mass is 569 g/mol. The van der Waals surface area contributed by atoms with Gasteiger partial charge < -0.3 is 19.9 Å². The van der Waals surface area contributed by atoms with Crippen molar-refractivity contribution in [1.82, 2.24) is 20.1 Å². The van der Waals surface area contributed by atoms with Gasteiger partial charge in [-0.3, -0.25) is 9.59 Å². The summed E-state index contributed by atoms with van der Waals surface area (Å²) in [6.07, 6.45) is 2.43. The number of hydrogen-bond acceptors (Lipinski definition) is 7. The number of esters is 1. The topological polar surface area (TPSA) is 115 Å². The molecule has 3 rings (SSSR count). The molecule has 0 aliphatic heterocycles. The summed E-state index contributed by atoms with van der Waals surface area (Å²) in [6.45, 7) is 10.4. The summed E-state index contributed by atoms with van der Waals surface area (Å²) in [5.74, 6) is -0.442. The maximum atomic E-state index is 13.0. The zero-order chi connectivity index (χ0) is 28.4. The van der Waals surface area contributed by atoms with E-state index in [0.717, 1.165) is 6.42 Å². The molecule has 3 aromatic rings. The molecular formula is C28H32ClN5O4S. The van der Waals surface area contributed by atoms with E-state index in [-0.39, 0.29) is 23.5 Å². The third kappa shape index (κ3) is 8.18. The number of anilines is 1. The van der Waals surface area contributed by atoms with Crippen LogP contribution in [-0.2, 0) is 16.1 Å². The SMILES string of the molecule is C=CCn1c(SCC(=O)Nc2cccc(C(=O)OCCC)c2)nnc1[C@@H](NC(=O)c1ccccc1Cl)C(C)C. The fraction of sp³-hybridized carbons (Fsp3) is 0.321. The number of carbonyl (C=O) groups excluding carboxylic acids is 3. The van der Waals surface area contributed by atoms with E-state index in [4.69, 9.17) is 16.3 Å². The number of halogens is 1. The second kappa shape index (κ2) is 14.5. The molecule has 2 amide bonds. The standard InChI is InChI=1S/C28H32ClN5O4S/c1-5-14-34-25(24(18(3)4)31-26(36)21-12-7-8-13-22(21)29)32-33-28(34)39-17-23(35)30-20-11-9-10-19(16-20)27(37)38-15-6-2/h5,7-13,16,18,24H,1,6,14-15,17H2,2-4H3,(H,30,35)(H,31,36)/t24-/m0/s1. The maximum Gasteiger partial charge on any atom is 0.338 e. The van der Waals surface area contributed by atoms with Gasteiger partial charge in [-0.05, 0) is 42.7 Å². The van der Waals surface area contributed by atoms with E-state index in [9.17, 15) is 14.4 Å². The molecule has 0 radical (unpaired) electrons. The largest absolute Gasteiger partial charge is 0.462 e. The third-order valence-corrected chi connectivity index (χ3v) is 6.86. The Kier molecular flexibility index (Phi) is 11.1. The summed E-state index contributed by atoms with van der Waals surface area (Å²) in [4.78, 5) is 37.8. The van der Waals surface area contributed by atoms with Crippen LogP contribution in [0, 0.1) is 5.92 Å². The maximum absolute atomic E-state index is 13.0. The second-order valence-corrected chi connectivity index (χ2v) is 10.3. The van der Waals surface area contributed by atoms with Gasteiger partial charge in [0.2, 0.25) is 5.91 Å². The quantitative estimate of drug-likeness (QED) is 0.158. The van der Waals surface area contributed by atoms with E-state index in [1.165, 1.54) is 11.8 Å². The van der Waals surface area contributed by atoms with Crippen LogP contribution in [0.2, 0.25) is 5.02 Å². The van der Waals surface area contributed by atoms with E-state index in [1.807, 2.05) is 25.3 Å². The Hall–Kier alpha value is -3.63. The van der Waals surface area contributed by atoms with Crippen LogP contribution in [0.15, 0.2) is 66.3 Å². The Morgan fingerprint density at radius 3 is 2.62 bits per heavy atom. The smallest absolute Gasteiger partial charge is 0.338 e. The van der Waals surface area contributed by atoms with Crippen LogP contribution in [0.5, 0.6) is 0 Å². The minimum Gasteiger partial charge on any atom is -0.462 e. The van der Waals surface area contributed by atoms with E-state index in [0.29, 0.717) is 46.0 Å². The lowest BCUT2D eigenvalue weighted by atomic mass is 10.0. The number of thioether (sulfide) groups is 1. The Bertz CT molecular complexity index is 1330. The van der Waals surface area contributed by atoms with Crippen LogP contribution in [-0.4, -0.2) is 44.9 Å². The van der Waals surface area contributed by atoms with Crippen molar-refractivity contribution in [2.45, 2.75) is 44.9 Å². The summed E-state index contributed by atoms with van der Waals surface area (Å²) in [6, 6.07) is 13.0. The Balaban J connectivity index is 1.71. The van der Waals surface area contributed by atoms with Gasteiger partial charge in [-0.2, -0.15) is 0 Å². The molecule has 0 unspecified atom stereocenters. The minimum atomic E-state index is -0.459. The molecule has 0 saturated carbocycles. The van der Waals surface area contributed by atoms with Crippen molar-refractivity contribution in [3.63, 3.8) is 0 Å². The zero-order valence-corrected chi connectivity index (χ0v) is 23.7. The molecule has 0 fully saturated rings. The van der Waals surface area contributed by atoms with Crippen LogP contribution in [0.4, 0.5) is 5.69 Å². The van der Waals surface area contributed by atoms with Gasteiger partial charge in [0, 0.05) is 12.2 Å². The van der Waals surface area contributed by atoms with Crippen LogP contribution in [0.3, 0.4) is 0 Å². The summed E-state index contributed by atoms with van der Waals surface area (Å²) in [5.41, 5.74) is 1.22. The van der Waals surface area contributed by atoms with Crippen molar-refractivity contribution in [3.05, 3.63) is 83.2 Å². The average molecular weight is 570 g/mol. The lowest BCUT2D eigenvalue weighted by molar-refractivity contribution is -0.113. The molecule has 0 bridgehead atoms. The van der Waals surface area contributed by atoms with E-state index < -0.39 is 12.0 Å². The predicted octanol–water partition coefficient (Wildman–Crippen LogP) is 5.54. The highest BCUT2D eigenvalue weighted by Crippen LogP contribution is 2.26. The summed E-state index contributed by atoms with van der Waals surface area (Å²) in [5, 5.41) is 15.3. The predicted molar refractivity (Wildman–Crippen MR) is 153 cm³/mol. The second-order valence-electron chi connectivity index (χ2n) is 8.97. The summed E-state index contributed by atoms with van der Waals surface area (Å²) < 4.78 is 6.98. The van der Waals surface area contributed by atoms with Crippen LogP contribution in [0.25, 0.3) is 0 Å². The average Bonchev–Trinajstić information content (AvgIpc) is 3.31. The zero-order valence-electron chi connectivity index (χ0n) is 22.1. The fourth-order valence-electron chi connectivity index (χ4n) is 3.66. The molecule has 1 aromatic heterocycles. The first-order valence-electron chi connectivity index (χ1n) is 12.5.